The Bertz CT molecular complexity index is 524. The fourth-order valence-electron chi connectivity index (χ4n) is 1.95. The molecule has 0 bridgehead atoms. The molecule has 2 rings (SSSR count). The van der Waals surface area contributed by atoms with Crippen LogP contribution in [0.15, 0.2) is 30.6 Å². The number of aromatic nitrogens is 3. The number of hydrogen-bond donors (Lipinski definition) is 1. The minimum atomic E-state index is 0.219. The van der Waals surface area contributed by atoms with Gasteiger partial charge in [-0.15, -0.1) is 0 Å². The van der Waals surface area contributed by atoms with Crippen LogP contribution < -0.4 is 5.32 Å². The smallest absolute Gasteiger partial charge is 0.203 e. The standard InChI is InChI=1S/C14H20N4O/c1-11-5-4-6-13(16-11)9-18-8-7-15-14(18)17-12(2)10-19-3/h4-8,12H,9-10H2,1-3H3,(H,15,17). The highest BCUT2D eigenvalue weighted by molar-refractivity contribution is 5.28. The third-order valence-electron chi connectivity index (χ3n) is 2.79. The normalized spacial score (nSPS) is 12.4. The third-order valence-corrected chi connectivity index (χ3v) is 2.79. The van der Waals surface area contributed by atoms with Crippen molar-refractivity contribution in [1.82, 2.24) is 14.5 Å². The third kappa shape index (κ3) is 3.79. The summed E-state index contributed by atoms with van der Waals surface area (Å²) in [7, 11) is 1.70. The van der Waals surface area contributed by atoms with Crippen LogP contribution in [-0.4, -0.2) is 34.3 Å². The number of ether oxygens (including phenoxy) is 1. The number of anilines is 1. The van der Waals surface area contributed by atoms with Gasteiger partial charge in [0.1, 0.15) is 0 Å². The quantitative estimate of drug-likeness (QED) is 0.864. The van der Waals surface area contributed by atoms with Crippen LogP contribution in [0.2, 0.25) is 0 Å². The summed E-state index contributed by atoms with van der Waals surface area (Å²) in [6, 6.07) is 6.26. The molecule has 0 aliphatic rings. The monoisotopic (exact) mass is 260 g/mol. The lowest BCUT2D eigenvalue weighted by Gasteiger charge is -2.15. The van der Waals surface area contributed by atoms with E-state index >= 15 is 0 Å². The van der Waals surface area contributed by atoms with Gasteiger partial charge < -0.3 is 14.6 Å². The second kappa shape index (κ2) is 6.33. The molecule has 19 heavy (non-hydrogen) atoms. The maximum Gasteiger partial charge on any atom is 0.203 e. The van der Waals surface area contributed by atoms with Crippen LogP contribution >= 0.6 is 0 Å². The molecule has 0 aliphatic heterocycles. The molecular formula is C14H20N4O. The van der Waals surface area contributed by atoms with Gasteiger partial charge in [0, 0.05) is 31.2 Å². The number of nitrogens with zero attached hydrogens (tertiary/aromatic N) is 3. The van der Waals surface area contributed by atoms with E-state index in [2.05, 4.69) is 22.2 Å². The van der Waals surface area contributed by atoms with E-state index in [1.165, 1.54) is 0 Å². The molecule has 0 aromatic carbocycles. The van der Waals surface area contributed by atoms with E-state index in [1.54, 1.807) is 13.3 Å². The molecule has 5 heteroatoms. The van der Waals surface area contributed by atoms with Crippen molar-refractivity contribution in [2.24, 2.45) is 0 Å². The van der Waals surface area contributed by atoms with Gasteiger partial charge in [0.2, 0.25) is 5.95 Å². The summed E-state index contributed by atoms with van der Waals surface area (Å²) in [4.78, 5) is 8.83. The zero-order chi connectivity index (χ0) is 13.7. The highest BCUT2D eigenvalue weighted by Gasteiger charge is 2.07. The first-order valence-corrected chi connectivity index (χ1v) is 6.38. The van der Waals surface area contributed by atoms with Crippen LogP contribution in [-0.2, 0) is 11.3 Å². The number of methoxy groups -OCH3 is 1. The summed E-state index contributed by atoms with van der Waals surface area (Å²) in [6.45, 7) is 5.42. The molecule has 0 saturated carbocycles. The first-order valence-electron chi connectivity index (χ1n) is 6.38. The minimum absolute atomic E-state index is 0.219. The van der Waals surface area contributed by atoms with Crippen molar-refractivity contribution in [3.8, 4) is 0 Å². The number of rotatable bonds is 6. The van der Waals surface area contributed by atoms with Gasteiger partial charge in [-0.2, -0.15) is 0 Å². The Hall–Kier alpha value is -1.88. The zero-order valence-electron chi connectivity index (χ0n) is 11.6. The van der Waals surface area contributed by atoms with E-state index in [0.717, 1.165) is 17.3 Å². The lowest BCUT2D eigenvalue weighted by Crippen LogP contribution is -2.23. The lowest BCUT2D eigenvalue weighted by molar-refractivity contribution is 0.190. The van der Waals surface area contributed by atoms with E-state index in [-0.39, 0.29) is 6.04 Å². The predicted octanol–water partition coefficient (Wildman–Crippen LogP) is 2.08. The van der Waals surface area contributed by atoms with Crippen LogP contribution in [0.1, 0.15) is 18.3 Å². The fourth-order valence-corrected chi connectivity index (χ4v) is 1.95. The maximum absolute atomic E-state index is 5.11. The second-order valence-corrected chi connectivity index (χ2v) is 4.65. The number of nitrogens with one attached hydrogen (secondary N) is 1. The summed E-state index contributed by atoms with van der Waals surface area (Å²) in [5, 5.41) is 3.33. The highest BCUT2D eigenvalue weighted by atomic mass is 16.5. The summed E-state index contributed by atoms with van der Waals surface area (Å²) in [5.74, 6) is 0.841. The van der Waals surface area contributed by atoms with Crippen molar-refractivity contribution in [3.63, 3.8) is 0 Å². The van der Waals surface area contributed by atoms with Crippen LogP contribution in [0, 0.1) is 6.92 Å². The number of hydrogen-bond acceptors (Lipinski definition) is 4. The lowest BCUT2D eigenvalue weighted by atomic mass is 10.3. The van der Waals surface area contributed by atoms with Crippen LogP contribution in [0.5, 0.6) is 0 Å². The molecule has 1 unspecified atom stereocenters. The highest BCUT2D eigenvalue weighted by Crippen LogP contribution is 2.09. The van der Waals surface area contributed by atoms with Gasteiger partial charge in [0.15, 0.2) is 0 Å². The SMILES string of the molecule is COCC(C)Nc1nccn1Cc1cccc(C)n1. The van der Waals surface area contributed by atoms with Crippen molar-refractivity contribution >= 4 is 5.95 Å². The molecule has 2 heterocycles. The molecule has 2 aromatic rings. The van der Waals surface area contributed by atoms with Crippen molar-refractivity contribution in [2.75, 3.05) is 19.0 Å². The number of pyridine rings is 1. The molecule has 0 amide bonds. The van der Waals surface area contributed by atoms with Gasteiger partial charge in [-0.3, -0.25) is 4.98 Å². The van der Waals surface area contributed by atoms with Crippen molar-refractivity contribution < 1.29 is 4.74 Å². The summed E-state index contributed by atoms with van der Waals surface area (Å²) < 4.78 is 7.16. The van der Waals surface area contributed by atoms with Crippen molar-refractivity contribution in [3.05, 3.63) is 42.0 Å². The molecule has 5 nitrogen and oxygen atoms in total. The Morgan fingerprint density at radius 1 is 1.42 bits per heavy atom. The Kier molecular flexibility index (Phi) is 4.52. The van der Waals surface area contributed by atoms with E-state index in [9.17, 15) is 0 Å². The fraction of sp³-hybridized carbons (Fsp3) is 0.429. The van der Waals surface area contributed by atoms with Gasteiger partial charge in [-0.1, -0.05) is 6.07 Å². The average molecular weight is 260 g/mol. The molecule has 102 valence electrons. The van der Waals surface area contributed by atoms with Gasteiger partial charge in [0.25, 0.3) is 0 Å². The molecule has 1 N–H and O–H groups in total. The first kappa shape index (κ1) is 13.5. The first-order chi connectivity index (χ1) is 9.19. The topological polar surface area (TPSA) is 52.0 Å². The largest absolute Gasteiger partial charge is 0.383 e. The average Bonchev–Trinajstić information content (AvgIpc) is 2.77. The summed E-state index contributed by atoms with van der Waals surface area (Å²) >= 11 is 0. The van der Waals surface area contributed by atoms with Crippen molar-refractivity contribution in [1.29, 1.82) is 0 Å². The van der Waals surface area contributed by atoms with Gasteiger partial charge in [-0.25, -0.2) is 4.98 Å². The van der Waals surface area contributed by atoms with Gasteiger partial charge in [-0.05, 0) is 26.0 Å². The molecule has 0 radical (unpaired) electrons. The molecule has 0 saturated heterocycles. The molecule has 0 spiro atoms. The van der Waals surface area contributed by atoms with E-state index in [0.29, 0.717) is 13.2 Å². The Balaban J connectivity index is 2.07. The molecule has 1 atom stereocenters. The second-order valence-electron chi connectivity index (χ2n) is 4.65. The van der Waals surface area contributed by atoms with E-state index < -0.39 is 0 Å². The Labute approximate surface area is 113 Å². The van der Waals surface area contributed by atoms with Crippen molar-refractivity contribution in [2.45, 2.75) is 26.4 Å². The molecule has 0 fully saturated rings. The van der Waals surface area contributed by atoms with Crippen LogP contribution in [0.25, 0.3) is 0 Å². The van der Waals surface area contributed by atoms with Gasteiger partial charge in [0.05, 0.1) is 18.8 Å². The number of aryl methyl sites for hydroxylation is 1. The van der Waals surface area contributed by atoms with Crippen LogP contribution in [0.4, 0.5) is 5.95 Å². The Morgan fingerprint density at radius 2 is 2.26 bits per heavy atom. The zero-order valence-corrected chi connectivity index (χ0v) is 11.6. The number of imidazole rings is 1. The summed E-state index contributed by atoms with van der Waals surface area (Å²) in [5.41, 5.74) is 2.06. The molecule has 2 aromatic heterocycles. The maximum atomic E-state index is 5.11. The predicted molar refractivity (Wildman–Crippen MR) is 75.3 cm³/mol. The van der Waals surface area contributed by atoms with E-state index in [4.69, 9.17) is 4.74 Å². The molecule has 0 aliphatic carbocycles. The van der Waals surface area contributed by atoms with E-state index in [1.807, 2.05) is 35.9 Å². The van der Waals surface area contributed by atoms with Gasteiger partial charge >= 0.3 is 0 Å². The molecular weight excluding hydrogens is 240 g/mol. The van der Waals surface area contributed by atoms with Crippen LogP contribution in [0.3, 0.4) is 0 Å². The minimum Gasteiger partial charge on any atom is -0.383 e. The summed E-state index contributed by atoms with van der Waals surface area (Å²) in [6.07, 6.45) is 3.74. The Morgan fingerprint density at radius 3 is 3.00 bits per heavy atom.